The summed E-state index contributed by atoms with van der Waals surface area (Å²) in [6.07, 6.45) is 6.93. The standard InChI is InChI=1S/C13H22O2/c1-5-13(14)15-10-9-12(4)8-6-7-11(2)3/h9-11H,4-8H2,1-3H3/b10-9+. The lowest BCUT2D eigenvalue weighted by atomic mass is 10.0. The van der Waals surface area contributed by atoms with Gasteiger partial charge in [0.2, 0.25) is 0 Å². The van der Waals surface area contributed by atoms with Gasteiger partial charge in [0.05, 0.1) is 6.26 Å². The number of hydrogen-bond acceptors (Lipinski definition) is 2. The third-order valence-electron chi connectivity index (χ3n) is 2.07. The van der Waals surface area contributed by atoms with Crippen molar-refractivity contribution in [2.24, 2.45) is 5.92 Å². The highest BCUT2D eigenvalue weighted by atomic mass is 16.5. The van der Waals surface area contributed by atoms with Gasteiger partial charge in [-0.15, -0.1) is 0 Å². The molecule has 0 fully saturated rings. The number of ether oxygens (including phenoxy) is 1. The van der Waals surface area contributed by atoms with Gasteiger partial charge in [0.15, 0.2) is 0 Å². The third kappa shape index (κ3) is 9.26. The molecule has 0 aromatic heterocycles. The monoisotopic (exact) mass is 210 g/mol. The molecule has 2 nitrogen and oxygen atoms in total. The van der Waals surface area contributed by atoms with Gasteiger partial charge in [0, 0.05) is 6.42 Å². The van der Waals surface area contributed by atoms with Gasteiger partial charge < -0.3 is 4.74 Å². The van der Waals surface area contributed by atoms with Crippen LogP contribution in [0.25, 0.3) is 0 Å². The number of esters is 1. The van der Waals surface area contributed by atoms with E-state index in [1.165, 1.54) is 12.7 Å². The van der Waals surface area contributed by atoms with E-state index in [1.807, 2.05) is 0 Å². The molecule has 0 saturated heterocycles. The number of carbonyl (C=O) groups excluding carboxylic acids is 1. The van der Waals surface area contributed by atoms with Crippen molar-refractivity contribution in [1.29, 1.82) is 0 Å². The van der Waals surface area contributed by atoms with E-state index < -0.39 is 0 Å². The lowest BCUT2D eigenvalue weighted by Gasteiger charge is -2.03. The molecule has 0 spiro atoms. The molecule has 0 unspecified atom stereocenters. The molecule has 86 valence electrons. The van der Waals surface area contributed by atoms with E-state index in [2.05, 4.69) is 20.4 Å². The van der Waals surface area contributed by atoms with Crippen LogP contribution in [0, 0.1) is 5.92 Å². The summed E-state index contributed by atoms with van der Waals surface area (Å²) in [5, 5.41) is 0. The first-order chi connectivity index (χ1) is 7.06. The zero-order valence-electron chi connectivity index (χ0n) is 10.1. The maximum Gasteiger partial charge on any atom is 0.310 e. The average Bonchev–Trinajstić information content (AvgIpc) is 2.17. The molecule has 0 N–H and O–H groups in total. The van der Waals surface area contributed by atoms with Gasteiger partial charge >= 0.3 is 5.97 Å². The zero-order chi connectivity index (χ0) is 11.7. The molecule has 0 bridgehead atoms. The molecule has 0 amide bonds. The zero-order valence-corrected chi connectivity index (χ0v) is 10.1. The minimum Gasteiger partial charge on any atom is -0.434 e. The topological polar surface area (TPSA) is 26.3 Å². The van der Waals surface area contributed by atoms with Crippen molar-refractivity contribution in [2.45, 2.75) is 46.5 Å². The van der Waals surface area contributed by atoms with Gasteiger partial charge in [-0.3, -0.25) is 4.79 Å². The van der Waals surface area contributed by atoms with Crippen molar-refractivity contribution in [1.82, 2.24) is 0 Å². The van der Waals surface area contributed by atoms with Gasteiger partial charge in [-0.1, -0.05) is 39.3 Å². The quantitative estimate of drug-likeness (QED) is 0.362. The van der Waals surface area contributed by atoms with Gasteiger partial charge in [0.25, 0.3) is 0 Å². The normalized spacial score (nSPS) is 10.9. The number of rotatable bonds is 7. The van der Waals surface area contributed by atoms with Crippen LogP contribution in [0.2, 0.25) is 0 Å². The van der Waals surface area contributed by atoms with Gasteiger partial charge in [-0.25, -0.2) is 0 Å². The van der Waals surface area contributed by atoms with Crippen LogP contribution in [-0.2, 0) is 9.53 Å². The fraction of sp³-hybridized carbons (Fsp3) is 0.615. The molecule has 0 aromatic carbocycles. The largest absolute Gasteiger partial charge is 0.434 e. The molecule has 0 aromatic rings. The van der Waals surface area contributed by atoms with Crippen LogP contribution in [0.1, 0.15) is 46.5 Å². The SMILES string of the molecule is C=C(/C=C/OC(=O)CC)CCCC(C)C. The Morgan fingerprint density at radius 2 is 2.13 bits per heavy atom. The molecule has 0 atom stereocenters. The highest BCUT2D eigenvalue weighted by Gasteiger charge is 1.96. The molecule has 15 heavy (non-hydrogen) atoms. The molecule has 0 aliphatic heterocycles. The van der Waals surface area contributed by atoms with Crippen molar-refractivity contribution < 1.29 is 9.53 Å². The molecule has 0 aliphatic rings. The van der Waals surface area contributed by atoms with Gasteiger partial charge in [-0.05, 0) is 24.8 Å². The third-order valence-corrected chi connectivity index (χ3v) is 2.07. The maximum absolute atomic E-state index is 10.8. The number of carbonyl (C=O) groups is 1. The second-order valence-electron chi connectivity index (χ2n) is 4.09. The molecule has 0 rings (SSSR count). The van der Waals surface area contributed by atoms with Gasteiger partial charge in [0.1, 0.15) is 0 Å². The predicted molar refractivity (Wildman–Crippen MR) is 63.4 cm³/mol. The van der Waals surface area contributed by atoms with Crippen LogP contribution in [-0.4, -0.2) is 5.97 Å². The van der Waals surface area contributed by atoms with E-state index in [1.54, 1.807) is 13.0 Å². The minimum absolute atomic E-state index is 0.207. The summed E-state index contributed by atoms with van der Waals surface area (Å²) in [6, 6.07) is 0. The highest BCUT2D eigenvalue weighted by molar-refractivity contribution is 5.69. The minimum atomic E-state index is -0.207. The van der Waals surface area contributed by atoms with Crippen molar-refractivity contribution >= 4 is 5.97 Å². The van der Waals surface area contributed by atoms with Crippen molar-refractivity contribution in [3.05, 3.63) is 24.5 Å². The van der Waals surface area contributed by atoms with E-state index in [-0.39, 0.29) is 5.97 Å². The Morgan fingerprint density at radius 1 is 1.47 bits per heavy atom. The second kappa shape index (κ2) is 8.27. The van der Waals surface area contributed by atoms with Crippen molar-refractivity contribution in [2.75, 3.05) is 0 Å². The molecule has 0 heterocycles. The Balaban J connectivity index is 3.60. The summed E-state index contributed by atoms with van der Waals surface area (Å²) >= 11 is 0. The predicted octanol–water partition coefficient (Wildman–Crippen LogP) is 3.84. The molecule has 0 saturated carbocycles. The lowest BCUT2D eigenvalue weighted by molar-refractivity contribution is -0.137. The Morgan fingerprint density at radius 3 is 2.67 bits per heavy atom. The molecular formula is C13H22O2. The van der Waals surface area contributed by atoms with Crippen molar-refractivity contribution in [3.63, 3.8) is 0 Å². The van der Waals surface area contributed by atoms with Crippen LogP contribution in [0.3, 0.4) is 0 Å². The van der Waals surface area contributed by atoms with E-state index in [0.29, 0.717) is 6.42 Å². The summed E-state index contributed by atoms with van der Waals surface area (Å²) in [7, 11) is 0. The molecular weight excluding hydrogens is 188 g/mol. The smallest absolute Gasteiger partial charge is 0.310 e. The van der Waals surface area contributed by atoms with E-state index in [0.717, 1.165) is 24.3 Å². The fourth-order valence-electron chi connectivity index (χ4n) is 1.11. The van der Waals surface area contributed by atoms with E-state index in [4.69, 9.17) is 4.74 Å². The Bertz CT molecular complexity index is 227. The average molecular weight is 210 g/mol. The van der Waals surface area contributed by atoms with Crippen LogP contribution >= 0.6 is 0 Å². The van der Waals surface area contributed by atoms with Crippen LogP contribution in [0.4, 0.5) is 0 Å². The van der Waals surface area contributed by atoms with Crippen molar-refractivity contribution in [3.8, 4) is 0 Å². The lowest BCUT2D eigenvalue weighted by Crippen LogP contribution is -1.95. The van der Waals surface area contributed by atoms with Gasteiger partial charge in [-0.2, -0.15) is 0 Å². The van der Waals surface area contributed by atoms with E-state index >= 15 is 0 Å². The number of allylic oxidation sites excluding steroid dienone is 2. The Labute approximate surface area is 93.0 Å². The fourth-order valence-corrected chi connectivity index (χ4v) is 1.11. The van der Waals surface area contributed by atoms with E-state index in [9.17, 15) is 4.79 Å². The molecule has 2 heteroatoms. The first-order valence-electron chi connectivity index (χ1n) is 5.60. The first kappa shape index (κ1) is 13.9. The van der Waals surface area contributed by atoms with Crippen LogP contribution in [0.15, 0.2) is 24.5 Å². The summed E-state index contributed by atoms with van der Waals surface area (Å²) < 4.78 is 4.81. The maximum atomic E-state index is 10.8. The first-order valence-corrected chi connectivity index (χ1v) is 5.60. The van der Waals surface area contributed by atoms with Crippen LogP contribution in [0.5, 0.6) is 0 Å². The summed E-state index contributed by atoms with van der Waals surface area (Å²) in [5.74, 6) is 0.529. The highest BCUT2D eigenvalue weighted by Crippen LogP contribution is 2.11. The Kier molecular flexibility index (Phi) is 7.69. The second-order valence-corrected chi connectivity index (χ2v) is 4.09. The van der Waals surface area contributed by atoms with Crippen LogP contribution < -0.4 is 0 Å². The summed E-state index contributed by atoms with van der Waals surface area (Å²) in [5.41, 5.74) is 1.01. The number of hydrogen-bond donors (Lipinski definition) is 0. The Hall–Kier alpha value is -1.05. The summed E-state index contributed by atoms with van der Waals surface area (Å²) in [6.45, 7) is 10.1. The molecule has 0 radical (unpaired) electrons. The molecule has 0 aliphatic carbocycles. The summed E-state index contributed by atoms with van der Waals surface area (Å²) in [4.78, 5) is 10.8.